The van der Waals surface area contributed by atoms with Crippen molar-refractivity contribution in [1.82, 2.24) is 0 Å². The van der Waals surface area contributed by atoms with Crippen molar-refractivity contribution in [1.29, 1.82) is 0 Å². The van der Waals surface area contributed by atoms with Crippen LogP contribution in [-0.4, -0.2) is 29.0 Å². The van der Waals surface area contributed by atoms with Gasteiger partial charge >= 0.3 is 0 Å². The highest BCUT2D eigenvalue weighted by atomic mass is 127. The standard InChI is InChI=1S/C14H25IN2O/c1-10-2-4-11(5-3-10)13(18)9-17-8-12(15)6-7-14(17)16/h10-12,14H,2-9,16H2,1H3/p+1. The highest BCUT2D eigenvalue weighted by Gasteiger charge is 2.32. The Bertz CT molecular complexity index is 290. The second-order valence-corrected chi connectivity index (χ2v) is 8.00. The Morgan fingerprint density at radius 2 is 1.89 bits per heavy atom. The first-order valence-corrected chi connectivity index (χ1v) is 8.57. The van der Waals surface area contributed by atoms with Crippen molar-refractivity contribution in [2.45, 2.75) is 55.5 Å². The minimum atomic E-state index is 0.183. The number of carbonyl (C=O) groups is 1. The molecule has 1 aliphatic carbocycles. The number of rotatable bonds is 3. The number of likely N-dealkylation sites (tertiary alicyclic amines) is 1. The number of alkyl halides is 1. The largest absolute Gasteiger partial charge is 0.313 e. The maximum absolute atomic E-state index is 12.3. The summed E-state index contributed by atoms with van der Waals surface area (Å²) in [6.45, 7) is 4.03. The molecule has 3 nitrogen and oxygen atoms in total. The molecule has 0 aromatic rings. The SMILES string of the molecule is CC1CCC(C(=O)C[NH+]2CC(I)CCC2N)CC1. The lowest BCUT2D eigenvalue weighted by atomic mass is 9.81. The van der Waals surface area contributed by atoms with Crippen LogP contribution in [0.2, 0.25) is 0 Å². The van der Waals surface area contributed by atoms with Gasteiger partial charge in [-0.3, -0.25) is 10.5 Å². The lowest BCUT2D eigenvalue weighted by molar-refractivity contribution is -0.921. The van der Waals surface area contributed by atoms with Crippen LogP contribution >= 0.6 is 22.6 Å². The van der Waals surface area contributed by atoms with Gasteiger partial charge in [-0.2, -0.15) is 0 Å². The minimum absolute atomic E-state index is 0.183. The molecule has 18 heavy (non-hydrogen) atoms. The number of hydrogen-bond acceptors (Lipinski definition) is 2. The quantitative estimate of drug-likeness (QED) is 0.582. The third kappa shape index (κ3) is 3.90. The van der Waals surface area contributed by atoms with E-state index in [9.17, 15) is 4.79 Å². The fourth-order valence-electron chi connectivity index (χ4n) is 3.26. The van der Waals surface area contributed by atoms with E-state index >= 15 is 0 Å². The lowest BCUT2D eigenvalue weighted by Crippen LogP contribution is -3.20. The van der Waals surface area contributed by atoms with E-state index in [1.54, 1.807) is 0 Å². The molecular weight excluding hydrogens is 339 g/mol. The molecule has 3 N–H and O–H groups in total. The number of nitrogens with two attached hydrogens (primary N) is 1. The molecule has 2 fully saturated rings. The molecule has 1 saturated heterocycles. The normalized spacial score (nSPS) is 41.6. The van der Waals surface area contributed by atoms with Gasteiger partial charge in [-0.1, -0.05) is 42.4 Å². The number of hydrogen-bond donors (Lipinski definition) is 2. The smallest absolute Gasteiger partial charge is 0.189 e. The van der Waals surface area contributed by atoms with Gasteiger partial charge in [-0.25, -0.2) is 0 Å². The number of piperidine rings is 1. The van der Waals surface area contributed by atoms with Crippen LogP contribution in [0.4, 0.5) is 0 Å². The van der Waals surface area contributed by atoms with Crippen LogP contribution in [0.25, 0.3) is 0 Å². The average Bonchev–Trinajstić information content (AvgIpc) is 2.34. The van der Waals surface area contributed by atoms with Crippen LogP contribution in [0, 0.1) is 11.8 Å². The van der Waals surface area contributed by atoms with Crippen molar-refractivity contribution in [3.63, 3.8) is 0 Å². The van der Waals surface area contributed by atoms with E-state index in [2.05, 4.69) is 29.5 Å². The van der Waals surface area contributed by atoms with Crippen LogP contribution in [0.5, 0.6) is 0 Å². The van der Waals surface area contributed by atoms with Crippen LogP contribution in [0.1, 0.15) is 45.4 Å². The van der Waals surface area contributed by atoms with Crippen molar-refractivity contribution in [3.05, 3.63) is 0 Å². The van der Waals surface area contributed by atoms with Crippen molar-refractivity contribution < 1.29 is 9.69 Å². The second-order valence-electron chi connectivity index (χ2n) is 6.24. The molecule has 3 atom stereocenters. The van der Waals surface area contributed by atoms with Gasteiger partial charge < -0.3 is 4.90 Å². The summed E-state index contributed by atoms with van der Waals surface area (Å²) in [5.41, 5.74) is 6.15. The predicted octanol–water partition coefficient (Wildman–Crippen LogP) is 1.15. The number of halogens is 1. The van der Waals surface area contributed by atoms with Gasteiger partial charge in [-0.05, 0) is 25.2 Å². The van der Waals surface area contributed by atoms with E-state index in [0.29, 0.717) is 22.2 Å². The van der Waals surface area contributed by atoms with Gasteiger partial charge in [0.2, 0.25) is 0 Å². The molecule has 0 aromatic heterocycles. The monoisotopic (exact) mass is 365 g/mol. The molecule has 0 bridgehead atoms. The molecule has 1 saturated carbocycles. The zero-order chi connectivity index (χ0) is 13.1. The number of ketones is 1. The molecule has 104 valence electrons. The maximum atomic E-state index is 12.3. The van der Waals surface area contributed by atoms with Crippen molar-refractivity contribution in [2.24, 2.45) is 17.6 Å². The molecule has 1 aliphatic heterocycles. The Hall–Kier alpha value is 0.320. The highest BCUT2D eigenvalue weighted by Crippen LogP contribution is 2.28. The number of Topliss-reactive ketones (excluding diaryl/α,β-unsaturated/α-hetero) is 1. The summed E-state index contributed by atoms with van der Waals surface area (Å²) in [6.07, 6.45) is 7.13. The van der Waals surface area contributed by atoms with E-state index in [0.717, 1.165) is 31.7 Å². The first-order chi connectivity index (χ1) is 8.56. The predicted molar refractivity (Wildman–Crippen MR) is 81.8 cm³/mol. The number of nitrogens with one attached hydrogen (secondary N) is 1. The fraction of sp³-hybridized carbons (Fsp3) is 0.929. The summed E-state index contributed by atoms with van der Waals surface area (Å²) in [6, 6.07) is 0. The molecular formula is C14H26IN2O+. The minimum Gasteiger partial charge on any atom is -0.313 e. The van der Waals surface area contributed by atoms with Crippen LogP contribution in [0.3, 0.4) is 0 Å². The van der Waals surface area contributed by atoms with E-state index in [-0.39, 0.29) is 6.17 Å². The topological polar surface area (TPSA) is 47.5 Å². The Kier molecular flexibility index (Phi) is 5.45. The summed E-state index contributed by atoms with van der Waals surface area (Å²) >= 11 is 2.50. The summed E-state index contributed by atoms with van der Waals surface area (Å²) < 4.78 is 0.691. The second kappa shape index (κ2) is 6.66. The Labute approximate surface area is 124 Å². The van der Waals surface area contributed by atoms with Gasteiger partial charge in [0.15, 0.2) is 5.78 Å². The van der Waals surface area contributed by atoms with E-state index in [4.69, 9.17) is 5.73 Å². The highest BCUT2D eigenvalue weighted by molar-refractivity contribution is 14.1. The van der Waals surface area contributed by atoms with Crippen molar-refractivity contribution >= 4 is 28.4 Å². The zero-order valence-corrected chi connectivity index (χ0v) is 13.5. The molecule has 0 amide bonds. The first kappa shape index (κ1) is 14.7. The van der Waals surface area contributed by atoms with Gasteiger partial charge in [0, 0.05) is 12.3 Å². The van der Waals surface area contributed by atoms with E-state index in [1.807, 2.05) is 0 Å². The molecule has 1 heterocycles. The molecule has 2 aliphatic rings. The van der Waals surface area contributed by atoms with Crippen LogP contribution < -0.4 is 10.6 Å². The molecule has 2 rings (SSSR count). The molecule has 3 unspecified atom stereocenters. The first-order valence-electron chi connectivity index (χ1n) is 7.33. The van der Waals surface area contributed by atoms with Gasteiger partial charge in [-0.15, -0.1) is 0 Å². The summed E-state index contributed by atoms with van der Waals surface area (Å²) in [5.74, 6) is 1.62. The molecule has 0 radical (unpaired) electrons. The summed E-state index contributed by atoms with van der Waals surface area (Å²) in [4.78, 5) is 13.7. The van der Waals surface area contributed by atoms with Crippen molar-refractivity contribution in [3.8, 4) is 0 Å². The molecule has 0 spiro atoms. The van der Waals surface area contributed by atoms with Gasteiger partial charge in [0.05, 0.1) is 10.5 Å². The Balaban J connectivity index is 1.82. The molecule has 0 aromatic carbocycles. The van der Waals surface area contributed by atoms with Gasteiger partial charge in [0.1, 0.15) is 12.7 Å². The van der Waals surface area contributed by atoms with Crippen LogP contribution in [-0.2, 0) is 4.79 Å². The Morgan fingerprint density at radius 1 is 1.22 bits per heavy atom. The Morgan fingerprint density at radius 3 is 2.56 bits per heavy atom. The zero-order valence-electron chi connectivity index (χ0n) is 11.3. The lowest BCUT2D eigenvalue weighted by Gasteiger charge is -2.33. The van der Waals surface area contributed by atoms with Crippen molar-refractivity contribution in [2.75, 3.05) is 13.1 Å². The number of carbonyl (C=O) groups excluding carboxylic acids is 1. The summed E-state index contributed by atoms with van der Waals surface area (Å²) in [7, 11) is 0. The number of quaternary nitrogens is 1. The third-order valence-corrected chi connectivity index (χ3v) is 5.73. The molecule has 4 heteroatoms. The van der Waals surface area contributed by atoms with Gasteiger partial charge in [0.25, 0.3) is 0 Å². The fourth-order valence-corrected chi connectivity index (χ4v) is 4.18. The summed E-state index contributed by atoms with van der Waals surface area (Å²) in [5, 5.41) is 0. The van der Waals surface area contributed by atoms with E-state index < -0.39 is 0 Å². The average molecular weight is 365 g/mol. The van der Waals surface area contributed by atoms with E-state index in [1.165, 1.54) is 24.2 Å². The van der Waals surface area contributed by atoms with Crippen LogP contribution in [0.15, 0.2) is 0 Å². The third-order valence-electron chi connectivity index (χ3n) is 4.67. The maximum Gasteiger partial charge on any atom is 0.189 e.